The number of nitrogens with zero attached hydrogens (tertiary/aromatic N) is 3. The molecular weight excluding hydrogens is 444 g/mol. The van der Waals surface area contributed by atoms with Gasteiger partial charge in [0.1, 0.15) is 11.6 Å². The third-order valence-corrected chi connectivity index (χ3v) is 6.56. The van der Waals surface area contributed by atoms with E-state index in [0.717, 1.165) is 64.8 Å². The maximum atomic E-state index is 12.7. The molecule has 34 heavy (non-hydrogen) atoms. The molecule has 0 radical (unpaired) electrons. The molecule has 0 aliphatic heterocycles. The van der Waals surface area contributed by atoms with Gasteiger partial charge in [-0.25, -0.2) is 0 Å². The monoisotopic (exact) mass is 478 g/mol. The van der Waals surface area contributed by atoms with Crippen molar-refractivity contribution in [1.82, 2.24) is 14.8 Å². The van der Waals surface area contributed by atoms with E-state index < -0.39 is 0 Å². The minimum Gasteiger partial charge on any atom is -0.493 e. The molecule has 0 aliphatic rings. The lowest BCUT2D eigenvalue weighted by Crippen LogP contribution is -2.17. The van der Waals surface area contributed by atoms with Crippen LogP contribution in [0.2, 0.25) is 0 Å². The van der Waals surface area contributed by atoms with E-state index in [9.17, 15) is 4.79 Å². The van der Waals surface area contributed by atoms with E-state index in [4.69, 9.17) is 4.74 Å². The number of nitrogens with one attached hydrogen (secondary N) is 1. The fourth-order valence-corrected chi connectivity index (χ4v) is 4.53. The van der Waals surface area contributed by atoms with Crippen LogP contribution in [0.4, 0.5) is 5.69 Å². The van der Waals surface area contributed by atoms with Gasteiger partial charge < -0.3 is 14.6 Å². The van der Waals surface area contributed by atoms with E-state index in [2.05, 4.69) is 48.1 Å². The zero-order valence-corrected chi connectivity index (χ0v) is 21.2. The van der Waals surface area contributed by atoms with Crippen molar-refractivity contribution in [3.05, 3.63) is 77.6 Å². The fourth-order valence-electron chi connectivity index (χ4n) is 3.76. The Hall–Kier alpha value is -3.06. The second-order valence-corrected chi connectivity index (χ2v) is 8.95. The average Bonchev–Trinajstić information content (AvgIpc) is 3.23. The van der Waals surface area contributed by atoms with E-state index in [1.807, 2.05) is 47.9 Å². The first-order valence-corrected chi connectivity index (χ1v) is 12.8. The van der Waals surface area contributed by atoms with Gasteiger partial charge in [-0.3, -0.25) is 4.79 Å². The first-order chi connectivity index (χ1) is 16.6. The molecule has 7 heteroatoms. The number of carbonyl (C=O) groups is 1. The lowest BCUT2D eigenvalue weighted by Gasteiger charge is -2.14. The lowest BCUT2D eigenvalue weighted by atomic mass is 10.0. The topological polar surface area (TPSA) is 69.0 Å². The SMILES string of the molecule is C=CCn1c(CCCOc2ccccc2C)nnc1SCC(=O)Nc1c(CC)cccc1CC. The minimum atomic E-state index is -0.0399. The van der Waals surface area contributed by atoms with Gasteiger partial charge in [-0.2, -0.15) is 0 Å². The van der Waals surface area contributed by atoms with Gasteiger partial charge in [-0.15, -0.1) is 16.8 Å². The lowest BCUT2D eigenvalue weighted by molar-refractivity contribution is -0.113. The van der Waals surface area contributed by atoms with Crippen LogP contribution in [0.1, 0.15) is 42.8 Å². The molecule has 0 spiro atoms. The van der Waals surface area contributed by atoms with Gasteiger partial charge in [0.25, 0.3) is 0 Å². The summed E-state index contributed by atoms with van der Waals surface area (Å²) in [5.41, 5.74) is 4.38. The van der Waals surface area contributed by atoms with Crippen LogP contribution < -0.4 is 10.1 Å². The molecule has 0 aliphatic carbocycles. The first-order valence-electron chi connectivity index (χ1n) is 11.8. The molecule has 1 heterocycles. The van der Waals surface area contributed by atoms with Crippen molar-refractivity contribution < 1.29 is 9.53 Å². The zero-order chi connectivity index (χ0) is 24.3. The summed E-state index contributed by atoms with van der Waals surface area (Å²) in [7, 11) is 0. The Balaban J connectivity index is 1.57. The highest BCUT2D eigenvalue weighted by Crippen LogP contribution is 2.24. The van der Waals surface area contributed by atoms with Gasteiger partial charge in [0.2, 0.25) is 5.91 Å². The summed E-state index contributed by atoms with van der Waals surface area (Å²) in [6, 6.07) is 14.2. The molecule has 0 saturated carbocycles. The number of allylic oxidation sites excluding steroid dienone is 1. The number of hydrogen-bond acceptors (Lipinski definition) is 5. The van der Waals surface area contributed by atoms with Gasteiger partial charge in [0.05, 0.1) is 12.4 Å². The number of anilines is 1. The summed E-state index contributed by atoms with van der Waals surface area (Å²) in [6.45, 7) is 11.3. The standard InChI is InChI=1S/C27H34N4O2S/c1-5-17-31-24(16-11-18-33-23-15-9-8-12-20(23)4)29-30-27(31)34-19-25(32)28-26-21(6-2)13-10-14-22(26)7-3/h5,8-10,12-15H,1,6-7,11,16-19H2,2-4H3,(H,28,32). The van der Waals surface area contributed by atoms with Crippen LogP contribution in [0.25, 0.3) is 0 Å². The Kier molecular flexibility index (Phi) is 9.76. The van der Waals surface area contributed by atoms with Crippen LogP contribution in [0, 0.1) is 6.92 Å². The quantitative estimate of drug-likeness (QED) is 0.196. The second-order valence-electron chi connectivity index (χ2n) is 8.01. The van der Waals surface area contributed by atoms with Crippen molar-refractivity contribution in [3.8, 4) is 5.75 Å². The molecule has 3 rings (SSSR count). The third-order valence-electron chi connectivity index (χ3n) is 5.60. The number of rotatable bonds is 13. The predicted molar refractivity (Wildman–Crippen MR) is 140 cm³/mol. The summed E-state index contributed by atoms with van der Waals surface area (Å²) in [6.07, 6.45) is 5.14. The van der Waals surface area contributed by atoms with E-state index in [1.54, 1.807) is 0 Å². The molecule has 0 saturated heterocycles. The van der Waals surface area contributed by atoms with Gasteiger partial charge in [0, 0.05) is 18.7 Å². The highest BCUT2D eigenvalue weighted by atomic mass is 32.2. The van der Waals surface area contributed by atoms with Crippen LogP contribution in [0.15, 0.2) is 60.3 Å². The van der Waals surface area contributed by atoms with Crippen LogP contribution in [-0.2, 0) is 30.6 Å². The molecule has 2 aromatic carbocycles. The highest BCUT2D eigenvalue weighted by molar-refractivity contribution is 7.99. The van der Waals surface area contributed by atoms with E-state index >= 15 is 0 Å². The molecule has 3 aromatic rings. The van der Waals surface area contributed by atoms with Crippen molar-refractivity contribution in [2.75, 3.05) is 17.7 Å². The van der Waals surface area contributed by atoms with Crippen molar-refractivity contribution in [3.63, 3.8) is 0 Å². The van der Waals surface area contributed by atoms with Crippen molar-refractivity contribution in [2.45, 2.75) is 58.2 Å². The Bertz CT molecular complexity index is 1090. The minimum absolute atomic E-state index is 0.0399. The van der Waals surface area contributed by atoms with Crippen LogP contribution in [-0.4, -0.2) is 33.0 Å². The van der Waals surface area contributed by atoms with Gasteiger partial charge >= 0.3 is 0 Å². The maximum Gasteiger partial charge on any atom is 0.234 e. The number of benzene rings is 2. The van der Waals surface area contributed by atoms with Crippen LogP contribution in [0.3, 0.4) is 0 Å². The average molecular weight is 479 g/mol. The van der Waals surface area contributed by atoms with Crippen molar-refractivity contribution in [2.24, 2.45) is 0 Å². The van der Waals surface area contributed by atoms with Crippen molar-refractivity contribution in [1.29, 1.82) is 0 Å². The van der Waals surface area contributed by atoms with Gasteiger partial charge in [-0.1, -0.05) is 68.1 Å². The fraction of sp³-hybridized carbons (Fsp3) is 0.370. The molecule has 6 nitrogen and oxygen atoms in total. The smallest absolute Gasteiger partial charge is 0.234 e. The summed E-state index contributed by atoms with van der Waals surface area (Å²) in [5.74, 6) is 2.02. The predicted octanol–water partition coefficient (Wildman–Crippen LogP) is 5.64. The van der Waals surface area contributed by atoms with Crippen molar-refractivity contribution >= 4 is 23.4 Å². The summed E-state index contributed by atoms with van der Waals surface area (Å²) >= 11 is 1.40. The Morgan fingerprint density at radius 1 is 1.12 bits per heavy atom. The van der Waals surface area contributed by atoms with Crippen LogP contribution >= 0.6 is 11.8 Å². The molecule has 0 bridgehead atoms. The Morgan fingerprint density at radius 2 is 1.85 bits per heavy atom. The molecule has 1 aromatic heterocycles. The summed E-state index contributed by atoms with van der Waals surface area (Å²) < 4.78 is 7.93. The molecule has 1 amide bonds. The molecule has 0 atom stereocenters. The highest BCUT2D eigenvalue weighted by Gasteiger charge is 2.15. The Morgan fingerprint density at radius 3 is 2.53 bits per heavy atom. The molecule has 180 valence electrons. The number of para-hydroxylation sites is 2. The number of aryl methyl sites for hydroxylation is 4. The molecule has 0 fully saturated rings. The normalized spacial score (nSPS) is 10.8. The van der Waals surface area contributed by atoms with Gasteiger partial charge in [-0.05, 0) is 48.9 Å². The number of carbonyl (C=O) groups excluding carboxylic acids is 1. The van der Waals surface area contributed by atoms with Crippen LogP contribution in [0.5, 0.6) is 5.75 Å². The van der Waals surface area contributed by atoms with E-state index in [1.165, 1.54) is 11.8 Å². The maximum absolute atomic E-state index is 12.7. The number of aromatic nitrogens is 3. The second kappa shape index (κ2) is 13.0. The summed E-state index contributed by atoms with van der Waals surface area (Å²) in [5, 5.41) is 12.6. The largest absolute Gasteiger partial charge is 0.493 e. The first kappa shape index (κ1) is 25.6. The number of ether oxygens (including phenoxy) is 1. The number of hydrogen-bond donors (Lipinski definition) is 1. The zero-order valence-electron chi connectivity index (χ0n) is 20.3. The summed E-state index contributed by atoms with van der Waals surface area (Å²) in [4.78, 5) is 12.7. The molecule has 1 N–H and O–H groups in total. The molecular formula is C27H34N4O2S. The molecule has 0 unspecified atom stereocenters. The third kappa shape index (κ3) is 6.73. The van der Waals surface area contributed by atoms with Gasteiger partial charge in [0.15, 0.2) is 5.16 Å². The number of amides is 1. The van der Waals surface area contributed by atoms with E-state index in [0.29, 0.717) is 13.2 Å². The van der Waals surface area contributed by atoms with E-state index in [-0.39, 0.29) is 11.7 Å². The Labute approximate surface area is 206 Å². The number of thioether (sulfide) groups is 1.